The molecule has 0 bridgehead atoms. The first-order valence-corrected chi connectivity index (χ1v) is 16.4. The SMILES string of the molecule is CC1(C)c2ccc(N(c3ccc4sc5ccccc5c4c3)c3cccc4ccccc34)cc2-c2c(-c3ccccc3)cccc21. The Morgan fingerprint density at radius 3 is 2.07 bits per heavy atom. The fraction of sp³-hybridized carbons (Fsp3) is 0.0698. The van der Waals surface area contributed by atoms with Crippen LogP contribution in [-0.2, 0) is 5.41 Å². The van der Waals surface area contributed by atoms with Crippen molar-refractivity contribution in [2.45, 2.75) is 19.3 Å². The third-order valence-electron chi connectivity index (χ3n) is 9.65. The second kappa shape index (κ2) is 9.92. The smallest absolute Gasteiger partial charge is 0.0540 e. The highest BCUT2D eigenvalue weighted by Crippen LogP contribution is 2.54. The van der Waals surface area contributed by atoms with Crippen molar-refractivity contribution in [3.8, 4) is 22.3 Å². The third-order valence-corrected chi connectivity index (χ3v) is 10.8. The monoisotopic (exact) mass is 593 g/mol. The van der Waals surface area contributed by atoms with E-state index in [1.807, 2.05) is 11.3 Å². The van der Waals surface area contributed by atoms with Crippen molar-refractivity contribution >= 4 is 59.3 Å². The Kier molecular flexibility index (Phi) is 5.78. The Bertz CT molecular complexity index is 2410. The van der Waals surface area contributed by atoms with E-state index in [0.29, 0.717) is 0 Å². The van der Waals surface area contributed by atoms with Crippen molar-refractivity contribution in [1.29, 1.82) is 0 Å². The van der Waals surface area contributed by atoms with Gasteiger partial charge in [0.25, 0.3) is 0 Å². The minimum atomic E-state index is -0.0905. The molecule has 1 aliphatic carbocycles. The highest BCUT2D eigenvalue weighted by molar-refractivity contribution is 7.25. The summed E-state index contributed by atoms with van der Waals surface area (Å²) in [6, 6.07) is 55.9. The fourth-order valence-corrected chi connectivity index (χ4v) is 8.56. The van der Waals surface area contributed by atoms with Crippen LogP contribution in [0.15, 0.2) is 152 Å². The van der Waals surface area contributed by atoms with Crippen LogP contribution in [0.1, 0.15) is 25.0 Å². The molecule has 1 heterocycles. The molecule has 0 N–H and O–H groups in total. The predicted octanol–water partition coefficient (Wildman–Crippen LogP) is 12.7. The summed E-state index contributed by atoms with van der Waals surface area (Å²) in [5, 5.41) is 5.09. The summed E-state index contributed by atoms with van der Waals surface area (Å²) in [6.07, 6.45) is 0. The molecule has 214 valence electrons. The molecule has 0 amide bonds. The van der Waals surface area contributed by atoms with Crippen molar-refractivity contribution in [2.75, 3.05) is 4.90 Å². The number of thiophene rings is 1. The van der Waals surface area contributed by atoms with E-state index < -0.39 is 0 Å². The van der Waals surface area contributed by atoms with Gasteiger partial charge in [-0.15, -0.1) is 11.3 Å². The zero-order valence-electron chi connectivity index (χ0n) is 25.3. The van der Waals surface area contributed by atoms with E-state index >= 15 is 0 Å². The molecule has 1 aromatic heterocycles. The number of hydrogen-bond acceptors (Lipinski definition) is 2. The molecule has 0 atom stereocenters. The van der Waals surface area contributed by atoms with Crippen LogP contribution in [-0.4, -0.2) is 0 Å². The number of anilines is 3. The van der Waals surface area contributed by atoms with Gasteiger partial charge in [0.05, 0.1) is 5.69 Å². The van der Waals surface area contributed by atoms with Gasteiger partial charge in [-0.05, 0) is 81.2 Å². The molecule has 0 aliphatic heterocycles. The zero-order valence-corrected chi connectivity index (χ0v) is 26.1. The molecule has 0 spiro atoms. The second-order valence-electron chi connectivity index (χ2n) is 12.6. The fourth-order valence-electron chi connectivity index (χ4n) is 7.47. The van der Waals surface area contributed by atoms with Gasteiger partial charge in [0.15, 0.2) is 0 Å². The molecular weight excluding hydrogens is 563 g/mol. The average molecular weight is 594 g/mol. The third kappa shape index (κ3) is 3.99. The molecule has 1 aliphatic rings. The van der Waals surface area contributed by atoms with Crippen LogP contribution in [0.5, 0.6) is 0 Å². The van der Waals surface area contributed by atoms with E-state index in [0.717, 1.165) is 11.4 Å². The largest absolute Gasteiger partial charge is 0.310 e. The van der Waals surface area contributed by atoms with Crippen molar-refractivity contribution < 1.29 is 0 Å². The van der Waals surface area contributed by atoms with Gasteiger partial charge < -0.3 is 4.90 Å². The van der Waals surface area contributed by atoms with Crippen molar-refractivity contribution in [3.05, 3.63) is 163 Å². The highest BCUT2D eigenvalue weighted by atomic mass is 32.1. The van der Waals surface area contributed by atoms with Crippen molar-refractivity contribution in [3.63, 3.8) is 0 Å². The first-order valence-electron chi connectivity index (χ1n) is 15.6. The summed E-state index contributed by atoms with van der Waals surface area (Å²) < 4.78 is 2.64. The maximum Gasteiger partial charge on any atom is 0.0540 e. The molecular formula is C43H31NS. The predicted molar refractivity (Wildman–Crippen MR) is 195 cm³/mol. The lowest BCUT2D eigenvalue weighted by atomic mass is 9.82. The normalized spacial score (nSPS) is 13.3. The van der Waals surface area contributed by atoms with Crippen LogP contribution in [0.3, 0.4) is 0 Å². The van der Waals surface area contributed by atoms with Gasteiger partial charge in [-0.1, -0.05) is 123 Å². The lowest BCUT2D eigenvalue weighted by Crippen LogP contribution is -2.15. The van der Waals surface area contributed by atoms with E-state index in [1.54, 1.807) is 0 Å². The average Bonchev–Trinajstić information content (AvgIpc) is 3.57. The highest BCUT2D eigenvalue weighted by Gasteiger charge is 2.37. The van der Waals surface area contributed by atoms with E-state index in [4.69, 9.17) is 0 Å². The van der Waals surface area contributed by atoms with E-state index in [2.05, 4.69) is 170 Å². The molecule has 0 saturated heterocycles. The number of nitrogens with zero attached hydrogens (tertiary/aromatic N) is 1. The minimum absolute atomic E-state index is 0.0905. The molecule has 8 aromatic rings. The maximum atomic E-state index is 2.46. The van der Waals surface area contributed by atoms with Crippen LogP contribution < -0.4 is 4.90 Å². The molecule has 0 unspecified atom stereocenters. The zero-order chi connectivity index (χ0) is 30.1. The van der Waals surface area contributed by atoms with E-state index in [-0.39, 0.29) is 5.41 Å². The van der Waals surface area contributed by atoms with Gasteiger partial charge in [0.2, 0.25) is 0 Å². The van der Waals surface area contributed by atoms with Crippen LogP contribution in [0.25, 0.3) is 53.2 Å². The first kappa shape index (κ1) is 26.2. The quantitative estimate of drug-likeness (QED) is 0.196. The molecule has 9 rings (SSSR count). The second-order valence-corrected chi connectivity index (χ2v) is 13.6. The van der Waals surface area contributed by atoms with Gasteiger partial charge in [-0.3, -0.25) is 0 Å². The van der Waals surface area contributed by atoms with Gasteiger partial charge in [0, 0.05) is 42.3 Å². The number of rotatable bonds is 4. The molecule has 1 nitrogen and oxygen atoms in total. The van der Waals surface area contributed by atoms with Gasteiger partial charge in [-0.2, -0.15) is 0 Å². The Labute approximate surface area is 267 Å². The first-order chi connectivity index (χ1) is 22.1. The number of hydrogen-bond donors (Lipinski definition) is 0. The van der Waals surface area contributed by atoms with Crippen LogP contribution in [0.2, 0.25) is 0 Å². The molecule has 45 heavy (non-hydrogen) atoms. The van der Waals surface area contributed by atoms with E-state index in [9.17, 15) is 0 Å². The number of fused-ring (bicyclic) bond motifs is 7. The molecule has 0 fully saturated rings. The summed E-state index contributed by atoms with van der Waals surface area (Å²) in [5.74, 6) is 0. The summed E-state index contributed by atoms with van der Waals surface area (Å²) in [6.45, 7) is 4.73. The number of benzene rings is 7. The molecule has 0 saturated carbocycles. The van der Waals surface area contributed by atoms with Crippen LogP contribution >= 0.6 is 11.3 Å². The summed E-state index contributed by atoms with van der Waals surface area (Å²) in [4.78, 5) is 2.46. The summed E-state index contributed by atoms with van der Waals surface area (Å²) in [7, 11) is 0. The Balaban J connectivity index is 1.32. The topological polar surface area (TPSA) is 3.24 Å². The van der Waals surface area contributed by atoms with Crippen LogP contribution in [0, 0.1) is 0 Å². The molecule has 0 radical (unpaired) electrons. The minimum Gasteiger partial charge on any atom is -0.310 e. The summed E-state index contributed by atoms with van der Waals surface area (Å²) in [5.41, 5.74) is 11.4. The molecule has 7 aromatic carbocycles. The molecule has 2 heteroatoms. The van der Waals surface area contributed by atoms with Crippen molar-refractivity contribution in [2.24, 2.45) is 0 Å². The van der Waals surface area contributed by atoms with Gasteiger partial charge in [0.1, 0.15) is 0 Å². The lowest BCUT2D eigenvalue weighted by Gasteiger charge is -2.28. The van der Waals surface area contributed by atoms with E-state index in [1.165, 1.54) is 70.0 Å². The van der Waals surface area contributed by atoms with Gasteiger partial charge >= 0.3 is 0 Å². The standard InChI is InChI=1S/C43H31NS/c1-43(2)37-24-22-30(27-36(37)42-33(18-11-19-38(42)43)29-12-4-3-5-13-29)44(39-20-10-15-28-14-6-7-16-32(28)39)31-23-25-41-35(26-31)34-17-8-9-21-40(34)45-41/h3-27H,1-2H3. The Hall–Kier alpha value is -5.18. The maximum absolute atomic E-state index is 2.46. The lowest BCUT2D eigenvalue weighted by molar-refractivity contribution is 0.660. The summed E-state index contributed by atoms with van der Waals surface area (Å²) >= 11 is 1.87. The van der Waals surface area contributed by atoms with Gasteiger partial charge in [-0.25, -0.2) is 0 Å². The van der Waals surface area contributed by atoms with Crippen LogP contribution in [0.4, 0.5) is 17.1 Å². The Morgan fingerprint density at radius 2 is 1.18 bits per heavy atom. The van der Waals surface area contributed by atoms with Crippen molar-refractivity contribution in [1.82, 2.24) is 0 Å². The Morgan fingerprint density at radius 1 is 0.489 bits per heavy atom.